The van der Waals surface area contributed by atoms with E-state index >= 15 is 0 Å². The maximum atomic E-state index is 6.31. The van der Waals surface area contributed by atoms with Gasteiger partial charge in [0.15, 0.2) is 0 Å². The molecule has 2 aliphatic rings. The maximum Gasteiger partial charge on any atom is 0.213 e. The molecule has 0 N–H and O–H groups in total. The first kappa shape index (κ1) is 16.3. The minimum Gasteiger partial charge on any atom is -0.497 e. The predicted octanol–water partition coefficient (Wildman–Crippen LogP) is 5.18. The SMILES string of the molecule is COc1ccc([C@@H]2Oc3ccc(Cl)cc3[C@H]3CC(c4ccco4)=NN32)cc1. The molecule has 2 aliphatic heterocycles. The van der Waals surface area contributed by atoms with Crippen molar-refractivity contribution < 1.29 is 13.9 Å². The van der Waals surface area contributed by atoms with Crippen molar-refractivity contribution in [2.24, 2.45) is 5.10 Å². The van der Waals surface area contributed by atoms with Crippen LogP contribution in [0.5, 0.6) is 11.5 Å². The average Bonchev–Trinajstić information content (AvgIpc) is 3.37. The highest BCUT2D eigenvalue weighted by Crippen LogP contribution is 2.48. The van der Waals surface area contributed by atoms with Crippen LogP contribution in [0.4, 0.5) is 0 Å². The molecule has 136 valence electrons. The molecule has 5 nitrogen and oxygen atoms in total. The van der Waals surface area contributed by atoms with Gasteiger partial charge in [0.25, 0.3) is 0 Å². The van der Waals surface area contributed by atoms with Crippen LogP contribution < -0.4 is 9.47 Å². The number of hydrazone groups is 1. The summed E-state index contributed by atoms with van der Waals surface area (Å²) < 4.78 is 17.1. The Kier molecular flexibility index (Phi) is 3.83. The molecule has 6 heteroatoms. The monoisotopic (exact) mass is 380 g/mol. The molecule has 0 amide bonds. The standard InChI is InChI=1S/C21H17ClN2O3/c1-25-15-7-4-13(5-8-15)21-24-18(12-17(23-24)20-3-2-10-26-20)16-11-14(22)6-9-19(16)27-21/h2-11,18,21H,12H2,1H3/t18-,21+/m1/s1. The van der Waals surface area contributed by atoms with Crippen LogP contribution in [0.15, 0.2) is 70.4 Å². The zero-order valence-electron chi connectivity index (χ0n) is 14.6. The van der Waals surface area contributed by atoms with Crippen molar-refractivity contribution in [2.45, 2.75) is 18.7 Å². The van der Waals surface area contributed by atoms with Gasteiger partial charge < -0.3 is 13.9 Å². The number of benzene rings is 2. The summed E-state index contributed by atoms with van der Waals surface area (Å²) in [6, 6.07) is 17.4. The topological polar surface area (TPSA) is 47.2 Å². The molecular formula is C21H17ClN2O3. The lowest BCUT2D eigenvalue weighted by molar-refractivity contribution is -0.0190. The number of halogens is 1. The summed E-state index contributed by atoms with van der Waals surface area (Å²) in [4.78, 5) is 0. The number of fused-ring (bicyclic) bond motifs is 3. The van der Waals surface area contributed by atoms with E-state index in [2.05, 4.69) is 0 Å². The fourth-order valence-corrected chi connectivity index (χ4v) is 3.82. The highest BCUT2D eigenvalue weighted by Gasteiger charge is 2.41. The number of furan rings is 1. The summed E-state index contributed by atoms with van der Waals surface area (Å²) in [5, 5.41) is 7.52. The lowest BCUT2D eigenvalue weighted by Gasteiger charge is -2.38. The van der Waals surface area contributed by atoms with E-state index in [1.165, 1.54) is 0 Å². The number of nitrogens with zero attached hydrogens (tertiary/aromatic N) is 2. The molecule has 1 aromatic heterocycles. The van der Waals surface area contributed by atoms with Crippen LogP contribution in [0.1, 0.15) is 35.6 Å². The molecule has 0 saturated carbocycles. The van der Waals surface area contributed by atoms with Crippen molar-refractivity contribution in [1.29, 1.82) is 0 Å². The van der Waals surface area contributed by atoms with E-state index in [1.54, 1.807) is 13.4 Å². The van der Waals surface area contributed by atoms with Gasteiger partial charge in [-0.05, 0) is 54.6 Å². The van der Waals surface area contributed by atoms with E-state index in [1.807, 2.05) is 59.6 Å². The third-order valence-electron chi connectivity index (χ3n) is 4.96. The third kappa shape index (κ3) is 2.75. The first-order valence-corrected chi connectivity index (χ1v) is 9.10. The molecule has 0 aliphatic carbocycles. The molecule has 0 unspecified atom stereocenters. The highest BCUT2D eigenvalue weighted by molar-refractivity contribution is 6.30. The molecule has 0 bridgehead atoms. The summed E-state index contributed by atoms with van der Waals surface area (Å²) in [5.74, 6) is 2.42. The number of rotatable bonds is 3. The molecule has 0 radical (unpaired) electrons. The molecule has 3 heterocycles. The van der Waals surface area contributed by atoms with E-state index in [9.17, 15) is 0 Å². The minimum atomic E-state index is -0.331. The van der Waals surface area contributed by atoms with Crippen LogP contribution in [0.25, 0.3) is 0 Å². The van der Waals surface area contributed by atoms with Crippen molar-refractivity contribution >= 4 is 17.3 Å². The smallest absolute Gasteiger partial charge is 0.213 e. The van der Waals surface area contributed by atoms with Crippen molar-refractivity contribution in [3.8, 4) is 11.5 Å². The second-order valence-electron chi connectivity index (χ2n) is 6.55. The number of methoxy groups -OCH3 is 1. The van der Waals surface area contributed by atoms with Gasteiger partial charge in [0, 0.05) is 22.6 Å². The predicted molar refractivity (Wildman–Crippen MR) is 102 cm³/mol. The second kappa shape index (κ2) is 6.35. The number of hydrogen-bond donors (Lipinski definition) is 0. The molecule has 27 heavy (non-hydrogen) atoms. The van der Waals surface area contributed by atoms with E-state index in [0.717, 1.165) is 40.5 Å². The van der Waals surface area contributed by atoms with Gasteiger partial charge in [-0.25, -0.2) is 5.01 Å². The van der Waals surface area contributed by atoms with Gasteiger partial charge >= 0.3 is 0 Å². The Morgan fingerprint density at radius 3 is 2.74 bits per heavy atom. The molecule has 5 rings (SSSR count). The zero-order chi connectivity index (χ0) is 18.4. The summed E-state index contributed by atoms with van der Waals surface area (Å²) in [5.41, 5.74) is 2.95. The normalized spacial score (nSPS) is 20.5. The summed E-state index contributed by atoms with van der Waals surface area (Å²) >= 11 is 6.25. The molecule has 0 spiro atoms. The Balaban J connectivity index is 1.59. The van der Waals surface area contributed by atoms with Crippen LogP contribution >= 0.6 is 11.6 Å². The quantitative estimate of drug-likeness (QED) is 0.627. The molecule has 0 saturated heterocycles. The Bertz CT molecular complexity index is 999. The van der Waals surface area contributed by atoms with Crippen LogP contribution in [-0.2, 0) is 0 Å². The minimum absolute atomic E-state index is 0.0413. The van der Waals surface area contributed by atoms with Crippen LogP contribution in [0, 0.1) is 0 Å². The Morgan fingerprint density at radius 1 is 1.15 bits per heavy atom. The Morgan fingerprint density at radius 2 is 2.00 bits per heavy atom. The molecule has 0 fully saturated rings. The Hall–Kier alpha value is -2.92. The van der Waals surface area contributed by atoms with Gasteiger partial charge in [-0.3, -0.25) is 0 Å². The second-order valence-corrected chi connectivity index (χ2v) is 6.99. The summed E-state index contributed by atoms with van der Waals surface area (Å²) in [6.45, 7) is 0. The molecule has 2 atom stereocenters. The Labute approximate surface area is 161 Å². The van der Waals surface area contributed by atoms with Crippen molar-refractivity contribution in [2.75, 3.05) is 7.11 Å². The van der Waals surface area contributed by atoms with E-state index in [-0.39, 0.29) is 12.3 Å². The van der Waals surface area contributed by atoms with Crippen LogP contribution in [0.2, 0.25) is 5.02 Å². The lowest BCUT2D eigenvalue weighted by atomic mass is 9.97. The zero-order valence-corrected chi connectivity index (χ0v) is 15.4. The van der Waals surface area contributed by atoms with Crippen molar-refractivity contribution in [3.63, 3.8) is 0 Å². The van der Waals surface area contributed by atoms with E-state index in [4.69, 9.17) is 30.6 Å². The van der Waals surface area contributed by atoms with Gasteiger partial charge in [0.05, 0.1) is 19.4 Å². The molecule has 3 aromatic rings. The average molecular weight is 381 g/mol. The van der Waals surface area contributed by atoms with E-state index in [0.29, 0.717) is 5.02 Å². The largest absolute Gasteiger partial charge is 0.497 e. The van der Waals surface area contributed by atoms with Gasteiger partial charge in [-0.15, -0.1) is 0 Å². The lowest BCUT2D eigenvalue weighted by Crippen LogP contribution is -2.33. The fraction of sp³-hybridized carbons (Fsp3) is 0.190. The van der Waals surface area contributed by atoms with Gasteiger partial charge in [-0.1, -0.05) is 11.6 Å². The van der Waals surface area contributed by atoms with Gasteiger partial charge in [0.1, 0.15) is 23.0 Å². The molecular weight excluding hydrogens is 364 g/mol. The van der Waals surface area contributed by atoms with Gasteiger partial charge in [-0.2, -0.15) is 5.10 Å². The summed E-state index contributed by atoms with van der Waals surface area (Å²) in [7, 11) is 1.66. The van der Waals surface area contributed by atoms with Crippen molar-refractivity contribution in [3.05, 3.63) is 82.8 Å². The highest BCUT2D eigenvalue weighted by atomic mass is 35.5. The van der Waals surface area contributed by atoms with Crippen LogP contribution in [-0.4, -0.2) is 17.8 Å². The van der Waals surface area contributed by atoms with Crippen molar-refractivity contribution in [1.82, 2.24) is 5.01 Å². The number of hydrogen-bond acceptors (Lipinski definition) is 5. The number of ether oxygens (including phenoxy) is 2. The maximum absolute atomic E-state index is 6.31. The first-order valence-electron chi connectivity index (χ1n) is 8.72. The molecule has 2 aromatic carbocycles. The summed E-state index contributed by atoms with van der Waals surface area (Å²) in [6.07, 6.45) is 2.07. The van der Waals surface area contributed by atoms with E-state index < -0.39 is 0 Å². The van der Waals surface area contributed by atoms with Gasteiger partial charge in [0.2, 0.25) is 6.23 Å². The fourth-order valence-electron chi connectivity index (χ4n) is 3.64. The first-order chi connectivity index (χ1) is 13.2. The third-order valence-corrected chi connectivity index (χ3v) is 5.19. The van der Waals surface area contributed by atoms with Crippen LogP contribution in [0.3, 0.4) is 0 Å².